The van der Waals surface area contributed by atoms with E-state index in [-0.39, 0.29) is 0 Å². The van der Waals surface area contributed by atoms with E-state index >= 15 is 0 Å². The Morgan fingerprint density at radius 1 is 1.12 bits per heavy atom. The molecular weight excluding hydrogens is 426 g/mol. The third-order valence-electron chi connectivity index (χ3n) is 7.00. The van der Waals surface area contributed by atoms with Gasteiger partial charge in [-0.1, -0.05) is 0 Å². The van der Waals surface area contributed by atoms with Gasteiger partial charge in [0.15, 0.2) is 0 Å². The Balaban J connectivity index is 1.27. The molecule has 8 nitrogen and oxygen atoms in total. The Kier molecular flexibility index (Phi) is 6.34. The van der Waals surface area contributed by atoms with Crippen LogP contribution in [0.5, 0.6) is 0 Å². The number of anilines is 4. The number of nitrogens with one attached hydrogen (secondary N) is 1. The Morgan fingerprint density at radius 2 is 2.00 bits per heavy atom. The Labute approximate surface area is 201 Å². The molecule has 0 saturated carbocycles. The van der Waals surface area contributed by atoms with Gasteiger partial charge in [0.25, 0.3) is 0 Å². The zero-order chi connectivity index (χ0) is 23.7. The molecule has 2 aliphatic rings. The Bertz CT molecular complexity index is 1130. The van der Waals surface area contributed by atoms with Crippen molar-refractivity contribution < 1.29 is 4.74 Å². The molecule has 178 valence electrons. The summed E-state index contributed by atoms with van der Waals surface area (Å²) in [5.41, 5.74) is 5.39. The molecule has 2 atom stereocenters. The maximum absolute atomic E-state index is 5.15. The lowest BCUT2D eigenvalue weighted by molar-refractivity contribution is 0.206. The van der Waals surface area contributed by atoms with Crippen molar-refractivity contribution >= 4 is 23.1 Å². The fourth-order valence-corrected chi connectivity index (χ4v) is 5.03. The molecule has 0 amide bonds. The summed E-state index contributed by atoms with van der Waals surface area (Å²) in [5, 5.41) is 3.38. The van der Waals surface area contributed by atoms with Gasteiger partial charge >= 0.3 is 0 Å². The highest BCUT2D eigenvalue weighted by atomic mass is 16.5. The normalized spacial score (nSPS) is 19.6. The number of likely N-dealkylation sites (N-methyl/N-ethyl adjacent to an activating group) is 2. The topological polar surface area (TPSA) is 69.7 Å². The molecule has 0 unspecified atom stereocenters. The lowest BCUT2D eigenvalue weighted by atomic mass is 10.1. The fraction of sp³-hybridized carbons (Fsp3) is 0.423. The standard InChI is InChI=1S/C26H33N7O/c1-18-13-20(6-7-24(18)33-17-21-14-22(33)16-32(21)3)29-26-27-10-9-23(30-26)19-5-8-25(28-15-19)31(2)11-12-34-4/h5-10,13,15,21-22H,11-12,14,16-17H2,1-4H3,(H,27,29,30)/t21-,22+/m0/s1. The van der Waals surface area contributed by atoms with Crippen LogP contribution >= 0.6 is 0 Å². The van der Waals surface area contributed by atoms with Gasteiger partial charge in [0.1, 0.15) is 5.82 Å². The summed E-state index contributed by atoms with van der Waals surface area (Å²) in [6.45, 7) is 5.92. The average molecular weight is 460 g/mol. The number of rotatable bonds is 8. The van der Waals surface area contributed by atoms with E-state index in [4.69, 9.17) is 9.72 Å². The quantitative estimate of drug-likeness (QED) is 0.548. The van der Waals surface area contributed by atoms with E-state index in [1.54, 1.807) is 13.3 Å². The van der Waals surface area contributed by atoms with Crippen LogP contribution in [-0.2, 0) is 4.74 Å². The van der Waals surface area contributed by atoms with Gasteiger partial charge in [-0.3, -0.25) is 4.90 Å². The van der Waals surface area contributed by atoms with Crippen LogP contribution in [0.4, 0.5) is 23.1 Å². The van der Waals surface area contributed by atoms with Crippen molar-refractivity contribution in [2.75, 3.05) is 62.6 Å². The number of piperazine rings is 1. The van der Waals surface area contributed by atoms with Crippen LogP contribution in [0, 0.1) is 6.92 Å². The largest absolute Gasteiger partial charge is 0.383 e. The molecule has 2 saturated heterocycles. The van der Waals surface area contributed by atoms with Crippen molar-refractivity contribution in [3.63, 3.8) is 0 Å². The van der Waals surface area contributed by atoms with E-state index in [1.807, 2.05) is 31.4 Å². The van der Waals surface area contributed by atoms with Crippen LogP contribution in [0.2, 0.25) is 0 Å². The number of methoxy groups -OCH3 is 1. The van der Waals surface area contributed by atoms with Crippen LogP contribution in [0.15, 0.2) is 48.8 Å². The second-order valence-corrected chi connectivity index (χ2v) is 9.35. The molecule has 5 rings (SSSR count). The maximum atomic E-state index is 5.15. The summed E-state index contributed by atoms with van der Waals surface area (Å²) in [7, 11) is 5.95. The van der Waals surface area contributed by atoms with E-state index in [0.29, 0.717) is 24.6 Å². The number of ether oxygens (including phenoxy) is 1. The lowest BCUT2D eigenvalue weighted by Crippen LogP contribution is -2.44. The second kappa shape index (κ2) is 9.56. The zero-order valence-electron chi connectivity index (χ0n) is 20.4. The van der Waals surface area contributed by atoms with E-state index in [1.165, 1.54) is 17.7 Å². The zero-order valence-corrected chi connectivity index (χ0v) is 20.4. The maximum Gasteiger partial charge on any atom is 0.227 e. The molecule has 0 radical (unpaired) electrons. The van der Waals surface area contributed by atoms with Crippen molar-refractivity contribution in [2.45, 2.75) is 25.4 Å². The molecule has 2 fully saturated rings. The van der Waals surface area contributed by atoms with E-state index < -0.39 is 0 Å². The molecule has 3 aromatic rings. The van der Waals surface area contributed by atoms with Gasteiger partial charge in [-0.25, -0.2) is 15.0 Å². The van der Waals surface area contributed by atoms with Gasteiger partial charge in [0, 0.05) is 75.2 Å². The highest BCUT2D eigenvalue weighted by molar-refractivity contribution is 5.66. The first-order valence-electron chi connectivity index (χ1n) is 11.9. The summed E-state index contributed by atoms with van der Waals surface area (Å²) in [6.07, 6.45) is 4.91. The molecule has 2 aliphatic heterocycles. The number of nitrogens with zero attached hydrogens (tertiary/aromatic N) is 6. The van der Waals surface area contributed by atoms with Crippen LogP contribution in [0.25, 0.3) is 11.3 Å². The lowest BCUT2D eigenvalue weighted by Gasteiger charge is -2.34. The number of aromatic nitrogens is 3. The van der Waals surface area contributed by atoms with Crippen LogP contribution < -0.4 is 15.1 Å². The van der Waals surface area contributed by atoms with Crippen LogP contribution in [-0.4, -0.2) is 79.4 Å². The number of aryl methyl sites for hydroxylation is 1. The van der Waals surface area contributed by atoms with Crippen molar-refractivity contribution in [1.82, 2.24) is 19.9 Å². The second-order valence-electron chi connectivity index (χ2n) is 9.35. The molecule has 4 heterocycles. The van der Waals surface area contributed by atoms with Crippen molar-refractivity contribution in [2.24, 2.45) is 0 Å². The highest BCUT2D eigenvalue weighted by Gasteiger charge is 2.41. The smallest absolute Gasteiger partial charge is 0.227 e. The number of likely N-dealkylation sites (tertiary alicyclic amines) is 1. The van der Waals surface area contributed by atoms with Crippen molar-refractivity contribution in [3.8, 4) is 11.3 Å². The third-order valence-corrected chi connectivity index (χ3v) is 7.00. The first-order chi connectivity index (χ1) is 16.5. The number of hydrogen-bond acceptors (Lipinski definition) is 8. The molecule has 34 heavy (non-hydrogen) atoms. The van der Waals surface area contributed by atoms with Gasteiger partial charge in [-0.2, -0.15) is 0 Å². The fourth-order valence-electron chi connectivity index (χ4n) is 5.03. The minimum absolute atomic E-state index is 0.577. The molecular formula is C26H33N7O. The van der Waals surface area contributed by atoms with Gasteiger partial charge in [-0.15, -0.1) is 0 Å². The van der Waals surface area contributed by atoms with Gasteiger partial charge in [-0.05, 0) is 62.4 Å². The molecule has 1 aromatic carbocycles. The monoisotopic (exact) mass is 459 g/mol. The molecule has 2 bridgehead atoms. The molecule has 0 spiro atoms. The molecule has 1 N–H and O–H groups in total. The number of pyridine rings is 1. The predicted molar refractivity (Wildman–Crippen MR) is 137 cm³/mol. The predicted octanol–water partition coefficient (Wildman–Crippen LogP) is 3.57. The average Bonchev–Trinajstić information content (AvgIpc) is 3.42. The number of fused-ring (bicyclic) bond motifs is 2. The first-order valence-corrected chi connectivity index (χ1v) is 11.9. The van der Waals surface area contributed by atoms with Crippen LogP contribution in [0.3, 0.4) is 0 Å². The summed E-state index contributed by atoms with van der Waals surface area (Å²) in [5.74, 6) is 1.48. The number of hydrogen-bond donors (Lipinski definition) is 1. The summed E-state index contributed by atoms with van der Waals surface area (Å²) in [6, 6.07) is 13.8. The minimum atomic E-state index is 0.577. The van der Waals surface area contributed by atoms with E-state index in [0.717, 1.165) is 42.4 Å². The van der Waals surface area contributed by atoms with Gasteiger partial charge in [0.05, 0.1) is 12.3 Å². The van der Waals surface area contributed by atoms with Gasteiger partial charge in [0.2, 0.25) is 5.95 Å². The van der Waals surface area contributed by atoms with Crippen molar-refractivity contribution in [3.05, 3.63) is 54.4 Å². The Morgan fingerprint density at radius 3 is 2.68 bits per heavy atom. The first kappa shape index (κ1) is 22.6. The summed E-state index contributed by atoms with van der Waals surface area (Å²) in [4.78, 5) is 20.9. The summed E-state index contributed by atoms with van der Waals surface area (Å²) < 4.78 is 5.15. The van der Waals surface area contributed by atoms with E-state index in [9.17, 15) is 0 Å². The molecule has 8 heteroatoms. The van der Waals surface area contributed by atoms with E-state index in [2.05, 4.69) is 62.2 Å². The molecule has 0 aliphatic carbocycles. The highest BCUT2D eigenvalue weighted by Crippen LogP contribution is 2.36. The van der Waals surface area contributed by atoms with Gasteiger partial charge < -0.3 is 19.9 Å². The third kappa shape index (κ3) is 4.56. The number of benzene rings is 1. The minimum Gasteiger partial charge on any atom is -0.383 e. The van der Waals surface area contributed by atoms with Crippen LogP contribution in [0.1, 0.15) is 12.0 Å². The SMILES string of the molecule is COCCN(C)c1ccc(-c2ccnc(Nc3ccc(N4C[C@@H]5C[C@@H]4CN5C)c(C)c3)n2)cn1. The summed E-state index contributed by atoms with van der Waals surface area (Å²) >= 11 is 0. The molecule has 2 aromatic heterocycles. The van der Waals surface area contributed by atoms with Crippen molar-refractivity contribution in [1.29, 1.82) is 0 Å². The Hall–Kier alpha value is -3.23.